The summed E-state index contributed by atoms with van der Waals surface area (Å²) < 4.78 is 7.46. The van der Waals surface area contributed by atoms with Crippen molar-refractivity contribution in [2.45, 2.75) is 20.5 Å². The van der Waals surface area contributed by atoms with E-state index in [1.54, 1.807) is 30.3 Å². The fourth-order valence-corrected chi connectivity index (χ4v) is 2.79. The number of aryl methyl sites for hydroxylation is 2. The highest BCUT2D eigenvalue weighted by Crippen LogP contribution is 2.17. The van der Waals surface area contributed by atoms with Crippen LogP contribution >= 0.6 is 0 Å². The second-order valence-corrected chi connectivity index (χ2v) is 5.89. The summed E-state index contributed by atoms with van der Waals surface area (Å²) in [4.78, 5) is 12.2. The van der Waals surface area contributed by atoms with Crippen LogP contribution in [0.5, 0.6) is 0 Å². The monoisotopic (exact) mass is 330 g/mol. The molecule has 0 N–H and O–H groups in total. The van der Waals surface area contributed by atoms with Crippen LogP contribution in [0.3, 0.4) is 0 Å². The SMILES string of the molecule is Cc1ccc(C)n1-c1ccc(C(=O)OCc2cccc(C#N)c2)cc1. The molecule has 0 aliphatic heterocycles. The Bertz CT molecular complexity index is 927. The van der Waals surface area contributed by atoms with Crippen LogP contribution in [0.2, 0.25) is 0 Å². The van der Waals surface area contributed by atoms with Crippen LogP contribution in [-0.2, 0) is 11.3 Å². The van der Waals surface area contributed by atoms with Crippen molar-refractivity contribution in [3.63, 3.8) is 0 Å². The van der Waals surface area contributed by atoms with Gasteiger partial charge in [-0.3, -0.25) is 0 Å². The van der Waals surface area contributed by atoms with Crippen molar-refractivity contribution >= 4 is 5.97 Å². The third-order valence-corrected chi connectivity index (χ3v) is 4.06. The van der Waals surface area contributed by atoms with Gasteiger partial charge in [0.05, 0.1) is 17.2 Å². The number of rotatable bonds is 4. The van der Waals surface area contributed by atoms with Crippen molar-refractivity contribution in [3.8, 4) is 11.8 Å². The Kier molecular flexibility index (Phi) is 4.67. The predicted octanol–water partition coefficient (Wildman–Crippen LogP) is 4.32. The molecule has 3 aromatic rings. The number of carbonyl (C=O) groups excluding carboxylic acids is 1. The van der Waals surface area contributed by atoms with Crippen LogP contribution < -0.4 is 0 Å². The van der Waals surface area contributed by atoms with Gasteiger partial charge in [0.15, 0.2) is 0 Å². The largest absolute Gasteiger partial charge is 0.457 e. The van der Waals surface area contributed by atoms with Crippen LogP contribution in [0.15, 0.2) is 60.7 Å². The van der Waals surface area contributed by atoms with Gasteiger partial charge in [-0.15, -0.1) is 0 Å². The second kappa shape index (κ2) is 7.06. The maximum atomic E-state index is 12.2. The summed E-state index contributed by atoms with van der Waals surface area (Å²) in [6, 6.07) is 20.6. The van der Waals surface area contributed by atoms with Gasteiger partial charge >= 0.3 is 5.97 Å². The van der Waals surface area contributed by atoms with Gasteiger partial charge in [0.1, 0.15) is 6.61 Å². The summed E-state index contributed by atoms with van der Waals surface area (Å²) in [7, 11) is 0. The normalized spacial score (nSPS) is 10.3. The lowest BCUT2D eigenvalue weighted by Gasteiger charge is -2.10. The number of hydrogen-bond acceptors (Lipinski definition) is 3. The molecule has 4 nitrogen and oxygen atoms in total. The lowest BCUT2D eigenvalue weighted by molar-refractivity contribution is 0.0472. The lowest BCUT2D eigenvalue weighted by atomic mass is 10.1. The van der Waals surface area contributed by atoms with Gasteiger partial charge < -0.3 is 9.30 Å². The minimum absolute atomic E-state index is 0.145. The zero-order valence-corrected chi connectivity index (χ0v) is 14.2. The van der Waals surface area contributed by atoms with Gasteiger partial charge in [-0.2, -0.15) is 5.26 Å². The minimum atomic E-state index is -0.380. The molecule has 0 saturated carbocycles. The molecular weight excluding hydrogens is 312 g/mol. The highest BCUT2D eigenvalue weighted by Gasteiger charge is 2.09. The van der Waals surface area contributed by atoms with E-state index in [4.69, 9.17) is 10.00 Å². The Labute approximate surface area is 146 Å². The van der Waals surface area contributed by atoms with Crippen LogP contribution in [0.1, 0.15) is 32.9 Å². The number of aromatic nitrogens is 1. The number of hydrogen-bond donors (Lipinski definition) is 0. The van der Waals surface area contributed by atoms with Crippen molar-refractivity contribution in [2.75, 3.05) is 0 Å². The zero-order valence-electron chi connectivity index (χ0n) is 14.2. The Balaban J connectivity index is 1.70. The molecule has 0 fully saturated rings. The first-order valence-electron chi connectivity index (χ1n) is 8.00. The average Bonchev–Trinajstić information content (AvgIpc) is 2.98. The maximum absolute atomic E-state index is 12.2. The van der Waals surface area contributed by atoms with Crippen molar-refractivity contribution in [2.24, 2.45) is 0 Å². The van der Waals surface area contributed by atoms with E-state index in [9.17, 15) is 4.79 Å². The lowest BCUT2D eigenvalue weighted by Crippen LogP contribution is -2.06. The number of ether oxygens (including phenoxy) is 1. The summed E-state index contributed by atoms with van der Waals surface area (Å²) in [6.45, 7) is 4.24. The molecule has 0 spiro atoms. The molecular formula is C21H18N2O2. The minimum Gasteiger partial charge on any atom is -0.457 e. The smallest absolute Gasteiger partial charge is 0.338 e. The first kappa shape index (κ1) is 16.5. The third kappa shape index (κ3) is 3.61. The van der Waals surface area contributed by atoms with E-state index in [2.05, 4.69) is 22.8 Å². The predicted molar refractivity (Wildman–Crippen MR) is 95.5 cm³/mol. The molecule has 4 heteroatoms. The number of nitrogens with zero attached hydrogens (tertiary/aromatic N) is 2. The molecule has 124 valence electrons. The third-order valence-electron chi connectivity index (χ3n) is 4.06. The van der Waals surface area contributed by atoms with E-state index in [-0.39, 0.29) is 12.6 Å². The molecule has 0 bridgehead atoms. The molecule has 2 aromatic carbocycles. The van der Waals surface area contributed by atoms with E-state index in [0.717, 1.165) is 22.6 Å². The topological polar surface area (TPSA) is 55.0 Å². The molecule has 0 saturated heterocycles. The van der Waals surface area contributed by atoms with E-state index < -0.39 is 0 Å². The van der Waals surface area contributed by atoms with Gasteiger partial charge in [-0.05, 0) is 67.9 Å². The average molecular weight is 330 g/mol. The maximum Gasteiger partial charge on any atom is 0.338 e. The highest BCUT2D eigenvalue weighted by molar-refractivity contribution is 5.89. The molecule has 0 aliphatic carbocycles. The molecule has 0 atom stereocenters. The standard InChI is InChI=1S/C21H18N2O2/c1-15-6-7-16(2)23(15)20-10-8-19(9-11-20)21(24)25-14-18-5-3-4-17(12-18)13-22/h3-12H,14H2,1-2H3. The van der Waals surface area contributed by atoms with E-state index in [1.807, 2.05) is 32.0 Å². The van der Waals surface area contributed by atoms with Gasteiger partial charge in [-0.25, -0.2) is 4.79 Å². The van der Waals surface area contributed by atoms with Crippen LogP contribution in [0.4, 0.5) is 0 Å². The fraction of sp³-hybridized carbons (Fsp3) is 0.143. The summed E-state index contributed by atoms with van der Waals surface area (Å²) >= 11 is 0. The Morgan fingerprint density at radius 1 is 1.04 bits per heavy atom. The van der Waals surface area contributed by atoms with E-state index in [1.165, 1.54) is 0 Å². The summed E-state index contributed by atoms with van der Waals surface area (Å²) in [5.41, 5.74) is 5.15. The second-order valence-electron chi connectivity index (χ2n) is 5.89. The fourth-order valence-electron chi connectivity index (χ4n) is 2.79. The zero-order chi connectivity index (χ0) is 17.8. The Hall–Kier alpha value is -3.32. The molecule has 3 rings (SSSR count). The molecule has 25 heavy (non-hydrogen) atoms. The molecule has 1 aromatic heterocycles. The van der Waals surface area contributed by atoms with Crippen molar-refractivity contribution < 1.29 is 9.53 Å². The molecule has 0 aliphatic rings. The number of esters is 1. The molecule has 0 radical (unpaired) electrons. The summed E-state index contributed by atoms with van der Waals surface area (Å²) in [5.74, 6) is -0.380. The van der Waals surface area contributed by atoms with Gasteiger partial charge in [0.25, 0.3) is 0 Å². The Morgan fingerprint density at radius 2 is 1.72 bits per heavy atom. The van der Waals surface area contributed by atoms with Crippen LogP contribution in [-0.4, -0.2) is 10.5 Å². The molecule has 0 unspecified atom stereocenters. The van der Waals surface area contributed by atoms with E-state index >= 15 is 0 Å². The number of nitriles is 1. The van der Waals surface area contributed by atoms with E-state index in [0.29, 0.717) is 11.1 Å². The van der Waals surface area contributed by atoms with Crippen molar-refractivity contribution in [1.29, 1.82) is 5.26 Å². The van der Waals surface area contributed by atoms with Gasteiger partial charge in [-0.1, -0.05) is 12.1 Å². The summed E-state index contributed by atoms with van der Waals surface area (Å²) in [5, 5.41) is 8.90. The number of carbonyl (C=O) groups is 1. The first-order valence-corrected chi connectivity index (χ1v) is 8.00. The van der Waals surface area contributed by atoms with Crippen molar-refractivity contribution in [3.05, 3.63) is 88.7 Å². The molecule has 0 amide bonds. The van der Waals surface area contributed by atoms with Crippen LogP contribution in [0.25, 0.3) is 5.69 Å². The van der Waals surface area contributed by atoms with Crippen LogP contribution in [0, 0.1) is 25.2 Å². The first-order chi connectivity index (χ1) is 12.1. The Morgan fingerprint density at radius 3 is 2.36 bits per heavy atom. The van der Waals surface area contributed by atoms with Gasteiger partial charge in [0, 0.05) is 17.1 Å². The summed E-state index contributed by atoms with van der Waals surface area (Å²) in [6.07, 6.45) is 0. The highest BCUT2D eigenvalue weighted by atomic mass is 16.5. The number of benzene rings is 2. The van der Waals surface area contributed by atoms with Gasteiger partial charge in [0.2, 0.25) is 0 Å². The molecule has 1 heterocycles. The quantitative estimate of drug-likeness (QED) is 0.669. The van der Waals surface area contributed by atoms with Crippen molar-refractivity contribution in [1.82, 2.24) is 4.57 Å².